The lowest BCUT2D eigenvalue weighted by Crippen LogP contribution is -2.39. The number of anilines is 2. The van der Waals surface area contributed by atoms with E-state index in [1.54, 1.807) is 12.1 Å². The van der Waals surface area contributed by atoms with Gasteiger partial charge in [-0.3, -0.25) is 13.9 Å². The first-order chi connectivity index (χ1) is 11.3. The van der Waals surface area contributed by atoms with Gasteiger partial charge < -0.3 is 14.8 Å². The van der Waals surface area contributed by atoms with Gasteiger partial charge in [-0.1, -0.05) is 0 Å². The maximum absolute atomic E-state index is 12.1. The maximum Gasteiger partial charge on any atom is 0.332 e. The number of benzene rings is 1. The van der Waals surface area contributed by atoms with E-state index in [1.807, 2.05) is 13.0 Å². The Morgan fingerprint density at radius 3 is 2.21 bits per heavy atom. The van der Waals surface area contributed by atoms with Gasteiger partial charge in [0.05, 0.1) is 14.2 Å². The fraction of sp³-hybridized carbons (Fsp3) is 0.312. The van der Waals surface area contributed by atoms with Crippen molar-refractivity contribution in [3.8, 4) is 17.6 Å². The highest BCUT2D eigenvalue weighted by atomic mass is 16.5. The molecule has 2 aromatic rings. The van der Waals surface area contributed by atoms with Crippen molar-refractivity contribution in [1.82, 2.24) is 9.13 Å². The third kappa shape index (κ3) is 2.72. The van der Waals surface area contributed by atoms with Crippen LogP contribution in [0.2, 0.25) is 0 Å². The molecule has 0 aliphatic rings. The van der Waals surface area contributed by atoms with E-state index >= 15 is 0 Å². The Hall–Kier alpha value is -3.21. The third-order valence-electron chi connectivity index (χ3n) is 3.76. The normalized spacial score (nSPS) is 10.2. The van der Waals surface area contributed by atoms with Crippen LogP contribution in [0.4, 0.5) is 11.5 Å². The van der Waals surface area contributed by atoms with Crippen LogP contribution in [-0.2, 0) is 14.1 Å². The van der Waals surface area contributed by atoms with Crippen LogP contribution in [-0.4, -0.2) is 23.4 Å². The van der Waals surface area contributed by atoms with Crippen LogP contribution in [0.25, 0.3) is 0 Å². The van der Waals surface area contributed by atoms with Gasteiger partial charge in [-0.2, -0.15) is 5.26 Å². The molecule has 0 saturated heterocycles. The van der Waals surface area contributed by atoms with Gasteiger partial charge in [-0.15, -0.1) is 0 Å². The Kier molecular flexibility index (Phi) is 4.64. The minimum absolute atomic E-state index is 0.126. The summed E-state index contributed by atoms with van der Waals surface area (Å²) in [6, 6.07) is 5.29. The summed E-state index contributed by atoms with van der Waals surface area (Å²) in [7, 11) is 5.85. The van der Waals surface area contributed by atoms with E-state index in [0.29, 0.717) is 17.2 Å². The number of aryl methyl sites for hydroxylation is 1. The molecule has 1 N–H and O–H groups in total. The quantitative estimate of drug-likeness (QED) is 0.899. The minimum Gasteiger partial charge on any atom is -0.493 e. The molecule has 24 heavy (non-hydrogen) atoms. The van der Waals surface area contributed by atoms with Crippen LogP contribution in [0.3, 0.4) is 0 Å². The van der Waals surface area contributed by atoms with E-state index in [1.165, 1.54) is 32.9 Å². The molecule has 0 aliphatic heterocycles. The smallest absolute Gasteiger partial charge is 0.332 e. The van der Waals surface area contributed by atoms with E-state index < -0.39 is 11.2 Å². The van der Waals surface area contributed by atoms with Crippen molar-refractivity contribution < 1.29 is 9.47 Å². The van der Waals surface area contributed by atoms with E-state index in [2.05, 4.69) is 5.32 Å². The van der Waals surface area contributed by atoms with Gasteiger partial charge in [0.15, 0.2) is 17.1 Å². The van der Waals surface area contributed by atoms with Crippen LogP contribution in [0.5, 0.6) is 11.5 Å². The largest absolute Gasteiger partial charge is 0.493 e. The van der Waals surface area contributed by atoms with Gasteiger partial charge >= 0.3 is 5.69 Å². The number of nitrogens with one attached hydrogen (secondary N) is 1. The zero-order valence-corrected chi connectivity index (χ0v) is 14.1. The van der Waals surface area contributed by atoms with Crippen molar-refractivity contribution in [3.63, 3.8) is 0 Å². The van der Waals surface area contributed by atoms with E-state index in [4.69, 9.17) is 9.47 Å². The zero-order chi connectivity index (χ0) is 18.0. The number of aromatic nitrogens is 2. The molecule has 0 atom stereocenters. The first-order valence-electron chi connectivity index (χ1n) is 7.05. The summed E-state index contributed by atoms with van der Waals surface area (Å²) in [5, 5.41) is 12.3. The predicted molar refractivity (Wildman–Crippen MR) is 89.2 cm³/mol. The Morgan fingerprint density at radius 1 is 1.08 bits per heavy atom. The molecule has 0 radical (unpaired) electrons. The lowest BCUT2D eigenvalue weighted by molar-refractivity contribution is 0.355. The highest BCUT2D eigenvalue weighted by Gasteiger charge is 2.17. The van der Waals surface area contributed by atoms with Crippen LogP contribution in [0, 0.1) is 18.3 Å². The lowest BCUT2D eigenvalue weighted by Gasteiger charge is -2.17. The third-order valence-corrected chi connectivity index (χ3v) is 3.76. The first-order valence-corrected chi connectivity index (χ1v) is 7.05. The molecule has 0 spiro atoms. The second-order valence-corrected chi connectivity index (χ2v) is 5.19. The number of hydrogen-bond donors (Lipinski definition) is 1. The molecule has 8 nitrogen and oxygen atoms in total. The average molecular weight is 330 g/mol. The van der Waals surface area contributed by atoms with Crippen molar-refractivity contribution in [2.45, 2.75) is 6.92 Å². The summed E-state index contributed by atoms with van der Waals surface area (Å²) in [4.78, 5) is 24.2. The predicted octanol–water partition coefficient (Wildman–Crippen LogP) is 1.02. The summed E-state index contributed by atoms with van der Waals surface area (Å²) in [5.41, 5.74) is 0.0618. The number of methoxy groups -OCH3 is 2. The van der Waals surface area contributed by atoms with E-state index in [9.17, 15) is 14.9 Å². The van der Waals surface area contributed by atoms with E-state index in [0.717, 1.165) is 10.1 Å². The summed E-state index contributed by atoms with van der Waals surface area (Å²) in [6.07, 6.45) is 0. The topological polar surface area (TPSA) is 98.3 Å². The Balaban J connectivity index is 2.68. The number of rotatable bonds is 4. The molecule has 0 unspecified atom stereocenters. The molecule has 1 aromatic carbocycles. The van der Waals surface area contributed by atoms with Gasteiger partial charge in [0.25, 0.3) is 5.56 Å². The first kappa shape index (κ1) is 17.1. The summed E-state index contributed by atoms with van der Waals surface area (Å²) in [6.45, 7) is 1.83. The molecule has 1 aromatic heterocycles. The van der Waals surface area contributed by atoms with Gasteiger partial charge in [-0.05, 0) is 18.6 Å². The lowest BCUT2D eigenvalue weighted by atomic mass is 10.1. The molecule has 0 bridgehead atoms. The summed E-state index contributed by atoms with van der Waals surface area (Å²) >= 11 is 0. The Labute approximate surface area is 138 Å². The van der Waals surface area contributed by atoms with Gasteiger partial charge in [0, 0.05) is 25.8 Å². The Morgan fingerprint density at radius 2 is 1.67 bits per heavy atom. The maximum atomic E-state index is 12.1. The SMILES string of the molecule is COc1cc(C)c(Nc2c(C#N)c(=O)n(C)c(=O)n2C)cc1OC. The van der Waals surface area contributed by atoms with Crippen molar-refractivity contribution in [2.24, 2.45) is 14.1 Å². The second-order valence-electron chi connectivity index (χ2n) is 5.19. The highest BCUT2D eigenvalue weighted by Crippen LogP contribution is 2.34. The molecule has 126 valence electrons. The van der Waals surface area contributed by atoms with Gasteiger partial charge in [-0.25, -0.2) is 4.79 Å². The number of hydrogen-bond acceptors (Lipinski definition) is 6. The van der Waals surface area contributed by atoms with E-state index in [-0.39, 0.29) is 11.4 Å². The average Bonchev–Trinajstić information content (AvgIpc) is 2.59. The van der Waals surface area contributed by atoms with Crippen molar-refractivity contribution in [3.05, 3.63) is 44.1 Å². The molecular formula is C16H18N4O4. The molecule has 1 heterocycles. The van der Waals surface area contributed by atoms with Gasteiger partial charge in [0.1, 0.15) is 11.9 Å². The molecule has 0 fully saturated rings. The summed E-state index contributed by atoms with van der Waals surface area (Å²) < 4.78 is 12.6. The summed E-state index contributed by atoms with van der Waals surface area (Å²) in [5.74, 6) is 1.16. The molecule has 8 heteroatoms. The van der Waals surface area contributed by atoms with Crippen molar-refractivity contribution >= 4 is 11.5 Å². The highest BCUT2D eigenvalue weighted by molar-refractivity contribution is 5.68. The van der Waals surface area contributed by atoms with Crippen molar-refractivity contribution in [2.75, 3.05) is 19.5 Å². The van der Waals surface area contributed by atoms with Gasteiger partial charge in [0.2, 0.25) is 0 Å². The standard InChI is InChI=1S/C16H18N4O4/c1-9-6-12(23-4)13(24-5)7-11(9)18-14-10(8-17)15(21)20(3)16(22)19(14)2/h6-7,18H,1-5H3. The Bertz CT molecular complexity index is 951. The zero-order valence-electron chi connectivity index (χ0n) is 14.1. The van der Waals surface area contributed by atoms with Crippen LogP contribution in [0.1, 0.15) is 11.1 Å². The second kappa shape index (κ2) is 6.50. The molecule has 0 saturated carbocycles. The minimum atomic E-state index is -0.652. The monoisotopic (exact) mass is 330 g/mol. The number of nitriles is 1. The molecule has 0 aliphatic carbocycles. The molecular weight excluding hydrogens is 312 g/mol. The van der Waals surface area contributed by atoms with Crippen LogP contribution >= 0.6 is 0 Å². The molecule has 2 rings (SSSR count). The number of nitrogens with zero attached hydrogens (tertiary/aromatic N) is 3. The molecule has 0 amide bonds. The fourth-order valence-electron chi connectivity index (χ4n) is 2.33. The van der Waals surface area contributed by atoms with Crippen LogP contribution < -0.4 is 26.0 Å². The van der Waals surface area contributed by atoms with Crippen molar-refractivity contribution in [1.29, 1.82) is 5.26 Å². The van der Waals surface area contributed by atoms with Crippen LogP contribution in [0.15, 0.2) is 21.7 Å². The number of ether oxygens (including phenoxy) is 2. The fourth-order valence-corrected chi connectivity index (χ4v) is 2.33.